The Morgan fingerprint density at radius 2 is 1.73 bits per heavy atom. The van der Waals surface area contributed by atoms with Gasteiger partial charge in [-0.05, 0) is 12.8 Å². The quantitative estimate of drug-likeness (QED) is 0.537. The molecule has 92 valence electrons. The lowest BCUT2D eigenvalue weighted by Crippen LogP contribution is -2.14. The van der Waals surface area contributed by atoms with E-state index in [1.807, 2.05) is 6.92 Å². The van der Waals surface area contributed by atoms with Gasteiger partial charge in [-0.1, -0.05) is 52.9 Å². The monoisotopic (exact) mass is 234 g/mol. The minimum Gasteiger partial charge on any atom is -0.287 e. The van der Waals surface area contributed by atoms with Crippen LogP contribution in [-0.2, 0) is 15.3 Å². The number of hydrogen-bond donors (Lipinski definition) is 0. The van der Waals surface area contributed by atoms with Crippen molar-refractivity contribution >= 4 is 11.1 Å². The first-order valence-corrected chi connectivity index (χ1v) is 7.54. The summed E-state index contributed by atoms with van der Waals surface area (Å²) < 4.78 is 16.6. The van der Waals surface area contributed by atoms with Gasteiger partial charge in [-0.3, -0.25) is 4.18 Å². The lowest BCUT2D eigenvalue weighted by atomic mass is 10.1. The zero-order valence-corrected chi connectivity index (χ0v) is 11.3. The highest BCUT2D eigenvalue weighted by molar-refractivity contribution is 7.80. The summed E-state index contributed by atoms with van der Waals surface area (Å²) in [6, 6.07) is 0. The van der Waals surface area contributed by atoms with E-state index >= 15 is 0 Å². The van der Waals surface area contributed by atoms with Crippen molar-refractivity contribution in [1.82, 2.24) is 0 Å². The third-order valence-electron chi connectivity index (χ3n) is 2.56. The van der Waals surface area contributed by atoms with Gasteiger partial charge in [-0.2, -0.15) is 0 Å². The molecular formula is C12H26O2S. The molecule has 3 heteroatoms. The van der Waals surface area contributed by atoms with Crippen molar-refractivity contribution < 1.29 is 8.39 Å². The topological polar surface area (TPSA) is 26.3 Å². The molecule has 0 aliphatic carbocycles. The van der Waals surface area contributed by atoms with Crippen molar-refractivity contribution in [1.29, 1.82) is 0 Å². The summed E-state index contributed by atoms with van der Waals surface area (Å²) in [6.45, 7) is 6.22. The van der Waals surface area contributed by atoms with Crippen molar-refractivity contribution in [3.8, 4) is 0 Å². The third kappa shape index (κ3) is 9.06. The van der Waals surface area contributed by atoms with Gasteiger partial charge in [-0.15, -0.1) is 0 Å². The van der Waals surface area contributed by atoms with E-state index in [0.717, 1.165) is 12.8 Å². The van der Waals surface area contributed by atoms with Crippen molar-refractivity contribution in [3.05, 3.63) is 0 Å². The predicted octanol–water partition coefficient (Wildman–Crippen LogP) is 3.83. The normalized spacial score (nSPS) is 15.1. The van der Waals surface area contributed by atoms with Gasteiger partial charge in [0.05, 0.1) is 6.10 Å². The Kier molecular flexibility index (Phi) is 10.7. The summed E-state index contributed by atoms with van der Waals surface area (Å²) in [7, 11) is 0. The van der Waals surface area contributed by atoms with E-state index in [0.29, 0.717) is 5.75 Å². The van der Waals surface area contributed by atoms with E-state index in [4.69, 9.17) is 4.18 Å². The summed E-state index contributed by atoms with van der Waals surface area (Å²) in [4.78, 5) is 0. The predicted molar refractivity (Wildman–Crippen MR) is 67.2 cm³/mol. The molecule has 2 unspecified atom stereocenters. The van der Waals surface area contributed by atoms with Gasteiger partial charge in [0.25, 0.3) is 0 Å². The van der Waals surface area contributed by atoms with E-state index in [9.17, 15) is 4.21 Å². The fourth-order valence-electron chi connectivity index (χ4n) is 1.52. The van der Waals surface area contributed by atoms with E-state index in [2.05, 4.69) is 13.8 Å². The van der Waals surface area contributed by atoms with Crippen LogP contribution in [0.5, 0.6) is 0 Å². The highest BCUT2D eigenvalue weighted by Gasteiger charge is 2.09. The van der Waals surface area contributed by atoms with Crippen LogP contribution in [0.2, 0.25) is 0 Å². The van der Waals surface area contributed by atoms with Crippen molar-refractivity contribution in [2.45, 2.75) is 71.8 Å². The molecule has 0 radical (unpaired) electrons. The van der Waals surface area contributed by atoms with Crippen LogP contribution in [0.15, 0.2) is 0 Å². The van der Waals surface area contributed by atoms with E-state index in [-0.39, 0.29) is 6.10 Å². The van der Waals surface area contributed by atoms with Crippen LogP contribution in [0.25, 0.3) is 0 Å². The molecule has 0 aliphatic heterocycles. The number of unbranched alkanes of at least 4 members (excludes halogenated alkanes) is 4. The SMILES string of the molecule is CCCCCCCC(CC)OS(=O)CC. The van der Waals surface area contributed by atoms with Gasteiger partial charge < -0.3 is 0 Å². The fourth-order valence-corrected chi connectivity index (χ4v) is 2.19. The second-order valence-electron chi connectivity index (χ2n) is 3.92. The van der Waals surface area contributed by atoms with Crippen LogP contribution >= 0.6 is 0 Å². The second kappa shape index (κ2) is 10.6. The lowest BCUT2D eigenvalue weighted by molar-refractivity contribution is 0.205. The molecule has 0 aromatic carbocycles. The minimum atomic E-state index is -1.07. The summed E-state index contributed by atoms with van der Waals surface area (Å²) in [5, 5.41) is 0. The molecule has 0 aromatic rings. The van der Waals surface area contributed by atoms with Gasteiger partial charge in [0.1, 0.15) is 0 Å². The maximum atomic E-state index is 11.2. The molecule has 0 aliphatic rings. The second-order valence-corrected chi connectivity index (χ2v) is 5.30. The molecule has 0 rings (SSSR count). The van der Waals surface area contributed by atoms with E-state index in [1.54, 1.807) is 0 Å². The molecule has 0 saturated heterocycles. The molecule has 0 heterocycles. The summed E-state index contributed by atoms with van der Waals surface area (Å²) in [5.41, 5.74) is 0. The fraction of sp³-hybridized carbons (Fsp3) is 1.00. The van der Waals surface area contributed by atoms with Crippen LogP contribution in [0.3, 0.4) is 0 Å². The first kappa shape index (κ1) is 15.1. The lowest BCUT2D eigenvalue weighted by Gasteiger charge is -2.13. The molecule has 0 saturated carbocycles. The van der Waals surface area contributed by atoms with Crippen molar-refractivity contribution in [3.63, 3.8) is 0 Å². The average molecular weight is 234 g/mol. The van der Waals surface area contributed by atoms with Crippen molar-refractivity contribution in [2.24, 2.45) is 0 Å². The van der Waals surface area contributed by atoms with Gasteiger partial charge in [-0.25, -0.2) is 4.21 Å². The smallest absolute Gasteiger partial charge is 0.155 e. The Morgan fingerprint density at radius 1 is 1.07 bits per heavy atom. The summed E-state index contributed by atoms with van der Waals surface area (Å²) >= 11 is -1.07. The van der Waals surface area contributed by atoms with Crippen LogP contribution in [-0.4, -0.2) is 16.1 Å². The molecule has 2 nitrogen and oxygen atoms in total. The molecule has 0 fully saturated rings. The molecule has 0 spiro atoms. The highest BCUT2D eigenvalue weighted by Crippen LogP contribution is 2.12. The van der Waals surface area contributed by atoms with Crippen LogP contribution in [0, 0.1) is 0 Å². The number of rotatable bonds is 10. The van der Waals surface area contributed by atoms with Crippen LogP contribution < -0.4 is 0 Å². The average Bonchev–Trinajstić information content (AvgIpc) is 2.26. The van der Waals surface area contributed by atoms with Crippen molar-refractivity contribution in [2.75, 3.05) is 5.75 Å². The number of hydrogen-bond acceptors (Lipinski definition) is 2. The minimum absolute atomic E-state index is 0.201. The zero-order valence-electron chi connectivity index (χ0n) is 10.5. The molecule has 0 aromatic heterocycles. The Hall–Kier alpha value is 0.110. The van der Waals surface area contributed by atoms with E-state index < -0.39 is 11.1 Å². The van der Waals surface area contributed by atoms with Gasteiger partial charge >= 0.3 is 0 Å². The Labute approximate surface area is 97.5 Å². The largest absolute Gasteiger partial charge is 0.287 e. The standard InChI is InChI=1S/C12H26O2S/c1-4-7-8-9-10-11-12(5-2)14-15(13)6-3/h12H,4-11H2,1-3H3. The molecule has 0 N–H and O–H groups in total. The first-order chi connectivity index (χ1) is 7.24. The Morgan fingerprint density at radius 3 is 2.27 bits per heavy atom. The molecule has 0 bridgehead atoms. The Bertz CT molecular complexity index is 160. The molecule has 2 atom stereocenters. The highest BCUT2D eigenvalue weighted by atomic mass is 32.2. The third-order valence-corrected chi connectivity index (χ3v) is 3.52. The summed E-state index contributed by atoms with van der Waals surface area (Å²) in [6.07, 6.45) is 8.67. The van der Waals surface area contributed by atoms with Crippen LogP contribution in [0.1, 0.15) is 65.7 Å². The maximum absolute atomic E-state index is 11.2. The van der Waals surface area contributed by atoms with Gasteiger partial charge in [0, 0.05) is 5.75 Å². The maximum Gasteiger partial charge on any atom is 0.155 e. The van der Waals surface area contributed by atoms with Crippen LogP contribution in [0.4, 0.5) is 0 Å². The Balaban J connectivity index is 3.48. The first-order valence-electron chi connectivity index (χ1n) is 6.30. The van der Waals surface area contributed by atoms with Gasteiger partial charge in [0.15, 0.2) is 11.1 Å². The van der Waals surface area contributed by atoms with E-state index in [1.165, 1.54) is 32.1 Å². The summed E-state index contributed by atoms with van der Waals surface area (Å²) in [5.74, 6) is 0.604. The molecule has 15 heavy (non-hydrogen) atoms. The van der Waals surface area contributed by atoms with Gasteiger partial charge in [0.2, 0.25) is 0 Å². The zero-order chi connectivity index (χ0) is 11.5. The molecule has 0 amide bonds. The molecular weight excluding hydrogens is 208 g/mol.